The summed E-state index contributed by atoms with van der Waals surface area (Å²) in [6.07, 6.45) is 1.66. The highest BCUT2D eigenvalue weighted by Gasteiger charge is 2.31. The first-order valence-corrected chi connectivity index (χ1v) is 8.57. The normalized spacial score (nSPS) is 16.1. The Bertz CT molecular complexity index is 835. The maximum absolute atomic E-state index is 13.3. The molecule has 6 heteroatoms. The van der Waals surface area contributed by atoms with Gasteiger partial charge in [-0.3, -0.25) is 9.69 Å². The average molecular weight is 358 g/mol. The lowest BCUT2D eigenvalue weighted by Crippen LogP contribution is -2.33. The van der Waals surface area contributed by atoms with Gasteiger partial charge in [0.25, 0.3) is 5.91 Å². The van der Waals surface area contributed by atoms with Gasteiger partial charge in [-0.2, -0.15) is 0 Å². The van der Waals surface area contributed by atoms with E-state index in [-0.39, 0.29) is 11.7 Å². The molecule has 2 aromatic carbocycles. The van der Waals surface area contributed by atoms with Gasteiger partial charge in [-0.1, -0.05) is 48.2 Å². The Labute approximate surface area is 149 Å². The zero-order valence-electron chi connectivity index (χ0n) is 13.0. The van der Waals surface area contributed by atoms with Crippen LogP contribution in [-0.4, -0.2) is 21.8 Å². The van der Waals surface area contributed by atoms with E-state index in [1.807, 2.05) is 31.2 Å². The second kappa shape index (κ2) is 7.15. The van der Waals surface area contributed by atoms with Crippen molar-refractivity contribution >= 4 is 46.0 Å². The molecule has 2 aromatic rings. The molecule has 3 nitrogen and oxygen atoms in total. The van der Waals surface area contributed by atoms with Crippen LogP contribution in [0.5, 0.6) is 0 Å². The summed E-state index contributed by atoms with van der Waals surface area (Å²) in [6.45, 7) is 2.31. The van der Waals surface area contributed by atoms with Crippen LogP contribution in [0.4, 0.5) is 10.1 Å². The molecule has 1 aliphatic rings. The van der Waals surface area contributed by atoms with Gasteiger partial charge < -0.3 is 5.32 Å². The lowest BCUT2D eigenvalue weighted by Gasteiger charge is -2.16. The highest BCUT2D eigenvalue weighted by molar-refractivity contribution is 8.26. The molecule has 1 heterocycles. The predicted molar refractivity (Wildman–Crippen MR) is 101 cm³/mol. The Morgan fingerprint density at radius 1 is 1.25 bits per heavy atom. The number of amides is 1. The Hall–Kier alpha value is -2.18. The van der Waals surface area contributed by atoms with Gasteiger partial charge in [-0.25, -0.2) is 4.39 Å². The van der Waals surface area contributed by atoms with E-state index in [1.165, 1.54) is 28.8 Å². The van der Waals surface area contributed by atoms with E-state index in [0.717, 1.165) is 11.3 Å². The van der Waals surface area contributed by atoms with Crippen LogP contribution < -0.4 is 5.32 Å². The zero-order valence-corrected chi connectivity index (χ0v) is 14.6. The van der Waals surface area contributed by atoms with Gasteiger partial charge in [0.1, 0.15) is 10.1 Å². The SMILES string of the molecule is Cc1cccc(NCN2C(=O)/C(=C\c3cccc(F)c3)SC2=S)c1. The summed E-state index contributed by atoms with van der Waals surface area (Å²) in [5.74, 6) is -0.505. The maximum atomic E-state index is 13.3. The Morgan fingerprint density at radius 2 is 2.04 bits per heavy atom. The van der Waals surface area contributed by atoms with E-state index in [2.05, 4.69) is 5.32 Å². The molecule has 1 N–H and O–H groups in total. The molecule has 1 aliphatic heterocycles. The summed E-state index contributed by atoms with van der Waals surface area (Å²) in [5.41, 5.74) is 2.71. The zero-order chi connectivity index (χ0) is 17.1. The lowest BCUT2D eigenvalue weighted by molar-refractivity contribution is -0.121. The third-order valence-electron chi connectivity index (χ3n) is 3.48. The van der Waals surface area contributed by atoms with E-state index in [0.29, 0.717) is 21.5 Å². The van der Waals surface area contributed by atoms with Crippen molar-refractivity contribution < 1.29 is 9.18 Å². The number of nitrogens with one attached hydrogen (secondary N) is 1. The molecular weight excluding hydrogens is 343 g/mol. The van der Waals surface area contributed by atoms with Crippen molar-refractivity contribution in [2.45, 2.75) is 6.92 Å². The fourth-order valence-electron chi connectivity index (χ4n) is 2.31. The summed E-state index contributed by atoms with van der Waals surface area (Å²) in [7, 11) is 0. The number of anilines is 1. The number of benzene rings is 2. The van der Waals surface area contributed by atoms with Crippen molar-refractivity contribution in [2.75, 3.05) is 12.0 Å². The summed E-state index contributed by atoms with van der Waals surface area (Å²) in [4.78, 5) is 14.5. The number of nitrogens with zero attached hydrogens (tertiary/aromatic N) is 1. The third kappa shape index (κ3) is 3.83. The highest BCUT2D eigenvalue weighted by Crippen LogP contribution is 2.32. The third-order valence-corrected chi connectivity index (χ3v) is 4.86. The fraction of sp³-hybridized carbons (Fsp3) is 0.111. The molecule has 0 bridgehead atoms. The monoisotopic (exact) mass is 358 g/mol. The molecule has 0 aromatic heterocycles. The molecule has 0 radical (unpaired) electrons. The minimum atomic E-state index is -0.333. The number of carbonyl (C=O) groups is 1. The summed E-state index contributed by atoms with van der Waals surface area (Å²) >= 11 is 6.52. The minimum absolute atomic E-state index is 0.172. The van der Waals surface area contributed by atoms with Crippen LogP contribution in [0.2, 0.25) is 0 Å². The molecule has 1 fully saturated rings. The first kappa shape index (κ1) is 16.7. The molecule has 3 rings (SSSR count). The number of thiocarbonyl (C=S) groups is 1. The van der Waals surface area contributed by atoms with Crippen molar-refractivity contribution in [1.82, 2.24) is 4.90 Å². The van der Waals surface area contributed by atoms with Crippen LogP contribution in [0.25, 0.3) is 6.08 Å². The Kier molecular flexibility index (Phi) is 4.97. The number of thioether (sulfide) groups is 1. The standard InChI is InChI=1S/C18H15FN2OS2/c1-12-4-2-7-15(8-12)20-11-21-17(22)16(24-18(21)23)10-13-5-3-6-14(19)9-13/h2-10,20H,11H2,1H3/b16-10+. The van der Waals surface area contributed by atoms with E-state index < -0.39 is 0 Å². The molecular formula is C18H15FN2OS2. The Balaban J connectivity index is 1.72. The van der Waals surface area contributed by atoms with Crippen LogP contribution in [0.15, 0.2) is 53.4 Å². The summed E-state index contributed by atoms with van der Waals surface area (Å²) < 4.78 is 13.8. The van der Waals surface area contributed by atoms with Gasteiger partial charge in [0.05, 0.1) is 11.6 Å². The lowest BCUT2D eigenvalue weighted by atomic mass is 10.2. The van der Waals surface area contributed by atoms with Gasteiger partial charge in [-0.05, 0) is 48.4 Å². The molecule has 1 amide bonds. The average Bonchev–Trinajstić information content (AvgIpc) is 2.79. The first-order chi connectivity index (χ1) is 11.5. The van der Waals surface area contributed by atoms with E-state index in [9.17, 15) is 9.18 Å². The summed E-state index contributed by atoms with van der Waals surface area (Å²) in [5, 5.41) is 3.20. The van der Waals surface area contributed by atoms with Crippen molar-refractivity contribution in [3.8, 4) is 0 Å². The summed E-state index contributed by atoms with van der Waals surface area (Å²) in [6, 6.07) is 14.0. The largest absolute Gasteiger partial charge is 0.367 e. The van der Waals surface area contributed by atoms with Crippen molar-refractivity contribution in [3.63, 3.8) is 0 Å². The second-order valence-corrected chi connectivity index (χ2v) is 7.04. The molecule has 0 spiro atoms. The van der Waals surface area contributed by atoms with Crippen molar-refractivity contribution in [1.29, 1.82) is 0 Å². The molecule has 0 saturated carbocycles. The van der Waals surface area contributed by atoms with Crippen LogP contribution in [0.1, 0.15) is 11.1 Å². The van der Waals surface area contributed by atoms with Crippen LogP contribution in [0.3, 0.4) is 0 Å². The molecule has 0 aliphatic carbocycles. The van der Waals surface area contributed by atoms with Crippen molar-refractivity contribution in [2.24, 2.45) is 0 Å². The molecule has 0 atom stereocenters. The van der Waals surface area contributed by atoms with Crippen molar-refractivity contribution in [3.05, 3.63) is 70.4 Å². The van der Waals surface area contributed by atoms with Gasteiger partial charge in [-0.15, -0.1) is 0 Å². The fourth-order valence-corrected chi connectivity index (χ4v) is 3.56. The molecule has 0 unspecified atom stereocenters. The van der Waals surface area contributed by atoms with Crippen LogP contribution in [0, 0.1) is 12.7 Å². The second-order valence-electron chi connectivity index (χ2n) is 5.37. The molecule has 122 valence electrons. The van der Waals surface area contributed by atoms with E-state index in [4.69, 9.17) is 12.2 Å². The predicted octanol–water partition coefficient (Wildman–Crippen LogP) is 4.40. The number of hydrogen-bond donors (Lipinski definition) is 1. The van der Waals surface area contributed by atoms with Crippen LogP contribution >= 0.6 is 24.0 Å². The maximum Gasteiger partial charge on any atom is 0.267 e. The molecule has 24 heavy (non-hydrogen) atoms. The smallest absolute Gasteiger partial charge is 0.267 e. The van der Waals surface area contributed by atoms with Gasteiger partial charge in [0.2, 0.25) is 0 Å². The quantitative estimate of drug-likeness (QED) is 0.648. The van der Waals surface area contributed by atoms with Gasteiger partial charge >= 0.3 is 0 Å². The number of carbonyl (C=O) groups excluding carboxylic acids is 1. The topological polar surface area (TPSA) is 32.3 Å². The number of halogens is 1. The minimum Gasteiger partial charge on any atom is -0.367 e. The highest BCUT2D eigenvalue weighted by atomic mass is 32.2. The van der Waals surface area contributed by atoms with E-state index >= 15 is 0 Å². The van der Waals surface area contributed by atoms with E-state index in [1.54, 1.807) is 18.2 Å². The first-order valence-electron chi connectivity index (χ1n) is 7.34. The van der Waals surface area contributed by atoms with Gasteiger partial charge in [0, 0.05) is 5.69 Å². The number of hydrogen-bond acceptors (Lipinski definition) is 4. The van der Waals surface area contributed by atoms with Crippen LogP contribution in [-0.2, 0) is 4.79 Å². The molecule has 1 saturated heterocycles. The number of rotatable bonds is 4. The number of aryl methyl sites for hydroxylation is 1. The van der Waals surface area contributed by atoms with Gasteiger partial charge in [0.15, 0.2) is 0 Å². The Morgan fingerprint density at radius 3 is 2.79 bits per heavy atom.